The molecule has 3 aromatic rings. The highest BCUT2D eigenvalue weighted by molar-refractivity contribution is 5.78. The molecule has 0 saturated carbocycles. The SMILES string of the molecule is O=C(Cc1ccco1)N1Cc2ccnn2C(CCOCc2cccnc2)C1. The number of fused-ring (bicyclic) bond motifs is 1. The second kappa shape index (κ2) is 8.18. The van der Waals surface area contributed by atoms with Gasteiger partial charge in [-0.3, -0.25) is 14.5 Å². The largest absolute Gasteiger partial charge is 0.469 e. The third-order valence-corrected chi connectivity index (χ3v) is 4.73. The third kappa shape index (κ3) is 4.25. The number of nitrogens with zero attached hydrogens (tertiary/aromatic N) is 4. The molecule has 4 rings (SSSR count). The van der Waals surface area contributed by atoms with Crippen molar-refractivity contribution in [1.82, 2.24) is 19.7 Å². The summed E-state index contributed by atoms with van der Waals surface area (Å²) in [7, 11) is 0. The minimum atomic E-state index is 0.0682. The fraction of sp³-hybridized carbons (Fsp3) is 0.350. The van der Waals surface area contributed by atoms with Gasteiger partial charge in [0.05, 0.1) is 37.6 Å². The Bertz CT molecular complexity index is 861. The Morgan fingerprint density at radius 2 is 2.22 bits per heavy atom. The van der Waals surface area contributed by atoms with E-state index < -0.39 is 0 Å². The van der Waals surface area contributed by atoms with Gasteiger partial charge in [0.15, 0.2) is 0 Å². The molecule has 1 amide bonds. The van der Waals surface area contributed by atoms with E-state index >= 15 is 0 Å². The molecule has 0 saturated heterocycles. The van der Waals surface area contributed by atoms with Crippen LogP contribution in [0.3, 0.4) is 0 Å². The van der Waals surface area contributed by atoms with E-state index in [1.165, 1.54) is 0 Å². The van der Waals surface area contributed by atoms with Crippen LogP contribution in [-0.2, 0) is 29.1 Å². The van der Waals surface area contributed by atoms with Gasteiger partial charge >= 0.3 is 0 Å². The van der Waals surface area contributed by atoms with Crippen LogP contribution in [0.2, 0.25) is 0 Å². The minimum Gasteiger partial charge on any atom is -0.469 e. The molecule has 0 aliphatic carbocycles. The normalized spacial score (nSPS) is 16.3. The van der Waals surface area contributed by atoms with E-state index in [2.05, 4.69) is 10.1 Å². The molecule has 0 bridgehead atoms. The summed E-state index contributed by atoms with van der Waals surface area (Å²) in [5.41, 5.74) is 2.10. The molecule has 1 atom stereocenters. The van der Waals surface area contributed by atoms with Crippen molar-refractivity contribution in [3.8, 4) is 0 Å². The zero-order chi connectivity index (χ0) is 18.5. The molecular weight excluding hydrogens is 344 g/mol. The maximum Gasteiger partial charge on any atom is 0.230 e. The van der Waals surface area contributed by atoms with Crippen molar-refractivity contribution in [3.05, 3.63) is 72.2 Å². The molecule has 0 radical (unpaired) electrons. The van der Waals surface area contributed by atoms with Crippen LogP contribution in [0.4, 0.5) is 0 Å². The molecule has 7 heteroatoms. The van der Waals surface area contributed by atoms with Crippen LogP contribution < -0.4 is 0 Å². The standard InChI is InChI=1S/C20H22N4O3/c25-20(11-19-4-2-9-27-19)23-13-17-5-8-22-24(17)18(14-23)6-10-26-15-16-3-1-7-21-12-16/h1-5,7-9,12,18H,6,10-11,13-15H2. The first-order chi connectivity index (χ1) is 13.3. The number of carbonyl (C=O) groups excluding carboxylic acids is 1. The molecule has 1 aliphatic heterocycles. The summed E-state index contributed by atoms with van der Waals surface area (Å²) < 4.78 is 13.1. The summed E-state index contributed by atoms with van der Waals surface area (Å²) in [6.07, 6.45) is 8.01. The van der Waals surface area contributed by atoms with Crippen molar-refractivity contribution >= 4 is 5.91 Å². The van der Waals surface area contributed by atoms with E-state index in [0.717, 1.165) is 17.7 Å². The van der Waals surface area contributed by atoms with Crippen molar-refractivity contribution in [2.45, 2.75) is 32.0 Å². The highest BCUT2D eigenvalue weighted by atomic mass is 16.5. The molecule has 7 nitrogen and oxygen atoms in total. The Hall–Kier alpha value is -2.93. The smallest absolute Gasteiger partial charge is 0.230 e. The predicted molar refractivity (Wildman–Crippen MR) is 97.6 cm³/mol. The van der Waals surface area contributed by atoms with E-state index in [1.54, 1.807) is 30.9 Å². The number of rotatable bonds is 7. The maximum atomic E-state index is 12.7. The summed E-state index contributed by atoms with van der Waals surface area (Å²) in [5.74, 6) is 0.758. The topological polar surface area (TPSA) is 73.4 Å². The van der Waals surface area contributed by atoms with Gasteiger partial charge in [-0.15, -0.1) is 0 Å². The van der Waals surface area contributed by atoms with Crippen LogP contribution in [-0.4, -0.2) is 38.7 Å². The Morgan fingerprint density at radius 1 is 1.26 bits per heavy atom. The number of amides is 1. The van der Waals surface area contributed by atoms with Crippen LogP contribution in [0, 0.1) is 0 Å². The zero-order valence-corrected chi connectivity index (χ0v) is 15.0. The first kappa shape index (κ1) is 17.5. The van der Waals surface area contributed by atoms with Crippen LogP contribution in [0.25, 0.3) is 0 Å². The summed E-state index contributed by atoms with van der Waals surface area (Å²) in [6.45, 7) is 2.34. The van der Waals surface area contributed by atoms with E-state index in [0.29, 0.717) is 32.1 Å². The molecule has 0 fully saturated rings. The van der Waals surface area contributed by atoms with E-state index in [1.807, 2.05) is 33.8 Å². The van der Waals surface area contributed by atoms with Crippen LogP contribution in [0.15, 0.2) is 59.6 Å². The van der Waals surface area contributed by atoms with Gasteiger partial charge in [0, 0.05) is 31.7 Å². The number of ether oxygens (including phenoxy) is 1. The van der Waals surface area contributed by atoms with Crippen molar-refractivity contribution in [1.29, 1.82) is 0 Å². The van der Waals surface area contributed by atoms with Crippen molar-refractivity contribution in [2.75, 3.05) is 13.2 Å². The summed E-state index contributed by atoms with van der Waals surface area (Å²) >= 11 is 0. The van der Waals surface area contributed by atoms with Gasteiger partial charge in [0.2, 0.25) is 5.91 Å². The summed E-state index contributed by atoms with van der Waals surface area (Å²) in [6, 6.07) is 9.60. The van der Waals surface area contributed by atoms with Crippen molar-refractivity contribution in [3.63, 3.8) is 0 Å². The maximum absolute atomic E-state index is 12.7. The number of pyridine rings is 1. The van der Waals surface area contributed by atoms with Crippen molar-refractivity contribution in [2.24, 2.45) is 0 Å². The fourth-order valence-electron chi connectivity index (χ4n) is 3.36. The van der Waals surface area contributed by atoms with E-state index in [9.17, 15) is 4.79 Å². The van der Waals surface area contributed by atoms with Gasteiger partial charge in [-0.25, -0.2) is 0 Å². The van der Waals surface area contributed by atoms with E-state index in [4.69, 9.17) is 9.15 Å². The number of carbonyl (C=O) groups is 1. The monoisotopic (exact) mass is 366 g/mol. The molecule has 27 heavy (non-hydrogen) atoms. The second-order valence-electron chi connectivity index (χ2n) is 6.65. The van der Waals surface area contributed by atoms with Crippen LogP contribution in [0.5, 0.6) is 0 Å². The third-order valence-electron chi connectivity index (χ3n) is 4.73. The second-order valence-corrected chi connectivity index (χ2v) is 6.65. The van der Waals surface area contributed by atoms with Gasteiger partial charge in [-0.1, -0.05) is 6.07 Å². The Labute approximate surface area is 157 Å². The molecule has 4 heterocycles. The van der Waals surface area contributed by atoms with Gasteiger partial charge in [0.1, 0.15) is 5.76 Å². The molecule has 0 aromatic carbocycles. The molecule has 0 N–H and O–H groups in total. The van der Waals surface area contributed by atoms with Gasteiger partial charge in [-0.05, 0) is 36.2 Å². The van der Waals surface area contributed by atoms with E-state index in [-0.39, 0.29) is 18.4 Å². The van der Waals surface area contributed by atoms with Gasteiger partial charge < -0.3 is 14.1 Å². The average Bonchev–Trinajstić information content (AvgIpc) is 3.37. The average molecular weight is 366 g/mol. The zero-order valence-electron chi connectivity index (χ0n) is 15.0. The lowest BCUT2D eigenvalue weighted by Gasteiger charge is -2.34. The Balaban J connectivity index is 1.34. The lowest BCUT2D eigenvalue weighted by Crippen LogP contribution is -2.42. The first-order valence-corrected chi connectivity index (χ1v) is 9.09. The molecule has 140 valence electrons. The molecule has 1 unspecified atom stereocenters. The molecular formula is C20H22N4O3. The van der Waals surface area contributed by atoms with Gasteiger partial charge in [-0.2, -0.15) is 5.10 Å². The highest BCUT2D eigenvalue weighted by Gasteiger charge is 2.28. The predicted octanol–water partition coefficient (Wildman–Crippen LogP) is 2.60. The lowest BCUT2D eigenvalue weighted by atomic mass is 10.1. The quantitative estimate of drug-likeness (QED) is 0.601. The highest BCUT2D eigenvalue weighted by Crippen LogP contribution is 2.24. The minimum absolute atomic E-state index is 0.0682. The Kier molecular flexibility index (Phi) is 5.29. The molecule has 3 aromatic heterocycles. The van der Waals surface area contributed by atoms with Gasteiger partial charge in [0.25, 0.3) is 0 Å². The first-order valence-electron chi connectivity index (χ1n) is 9.09. The number of hydrogen-bond donors (Lipinski definition) is 0. The molecule has 1 aliphatic rings. The lowest BCUT2D eigenvalue weighted by molar-refractivity contribution is -0.133. The van der Waals surface area contributed by atoms with Crippen LogP contribution >= 0.6 is 0 Å². The number of aromatic nitrogens is 3. The number of furan rings is 1. The summed E-state index contributed by atoms with van der Waals surface area (Å²) in [5, 5.41) is 4.44. The summed E-state index contributed by atoms with van der Waals surface area (Å²) in [4.78, 5) is 18.6. The fourth-order valence-corrected chi connectivity index (χ4v) is 3.36. The van der Waals surface area contributed by atoms with Crippen LogP contribution in [0.1, 0.15) is 29.5 Å². The Morgan fingerprint density at radius 3 is 3.04 bits per heavy atom. The molecule has 0 spiro atoms. The van der Waals surface area contributed by atoms with Crippen molar-refractivity contribution < 1.29 is 13.9 Å². The number of hydrogen-bond acceptors (Lipinski definition) is 5.